The van der Waals surface area contributed by atoms with Crippen molar-refractivity contribution in [2.75, 3.05) is 26.1 Å². The number of carbonyl (C=O) groups excluding carboxylic acids is 1. The summed E-state index contributed by atoms with van der Waals surface area (Å²) in [7, 11) is 3.17. The number of nitrogens with one attached hydrogen (secondary N) is 2. The van der Waals surface area contributed by atoms with Crippen molar-refractivity contribution in [2.45, 2.75) is 31.7 Å². The first-order chi connectivity index (χ1) is 9.72. The number of hydrogen-bond acceptors (Lipinski definition) is 4. The van der Waals surface area contributed by atoms with Crippen molar-refractivity contribution in [3.05, 3.63) is 18.2 Å². The average Bonchev–Trinajstić information content (AvgIpc) is 2.48. The summed E-state index contributed by atoms with van der Waals surface area (Å²) in [6.45, 7) is 1.01. The fraction of sp³-hybridized carbons (Fsp3) is 0.533. The van der Waals surface area contributed by atoms with E-state index in [-0.39, 0.29) is 5.91 Å². The van der Waals surface area contributed by atoms with E-state index in [1.165, 1.54) is 12.8 Å². The van der Waals surface area contributed by atoms with Crippen LogP contribution < -0.4 is 20.1 Å². The normalized spacial score (nSPS) is 18.4. The van der Waals surface area contributed by atoms with Gasteiger partial charge in [0.05, 0.1) is 14.2 Å². The molecule has 1 heterocycles. The second-order valence-electron chi connectivity index (χ2n) is 4.97. The predicted molar refractivity (Wildman–Crippen MR) is 78.4 cm³/mol. The predicted octanol–water partition coefficient (Wildman–Crippen LogP) is 2.17. The molecule has 1 atom stereocenters. The summed E-state index contributed by atoms with van der Waals surface area (Å²) in [6.07, 6.45) is 3.98. The Hall–Kier alpha value is -1.75. The second-order valence-corrected chi connectivity index (χ2v) is 4.97. The van der Waals surface area contributed by atoms with Crippen LogP contribution in [0.15, 0.2) is 18.2 Å². The molecule has 2 N–H and O–H groups in total. The van der Waals surface area contributed by atoms with Crippen molar-refractivity contribution < 1.29 is 14.3 Å². The highest BCUT2D eigenvalue weighted by Gasteiger charge is 2.16. The van der Waals surface area contributed by atoms with Crippen LogP contribution in [0, 0.1) is 0 Å². The maximum Gasteiger partial charge on any atom is 0.225 e. The molecule has 0 bridgehead atoms. The Morgan fingerprint density at radius 2 is 2.10 bits per heavy atom. The van der Waals surface area contributed by atoms with Gasteiger partial charge in [0.25, 0.3) is 0 Å². The molecule has 0 spiro atoms. The first kappa shape index (κ1) is 14.7. The lowest BCUT2D eigenvalue weighted by molar-refractivity contribution is -0.116. The van der Waals surface area contributed by atoms with Crippen LogP contribution in [0.3, 0.4) is 0 Å². The van der Waals surface area contributed by atoms with Crippen molar-refractivity contribution in [1.29, 1.82) is 0 Å². The molecule has 1 aliphatic rings. The van der Waals surface area contributed by atoms with E-state index >= 15 is 0 Å². The Morgan fingerprint density at radius 3 is 2.75 bits per heavy atom. The van der Waals surface area contributed by atoms with Gasteiger partial charge >= 0.3 is 0 Å². The van der Waals surface area contributed by atoms with Gasteiger partial charge in [-0.2, -0.15) is 0 Å². The van der Waals surface area contributed by atoms with Crippen LogP contribution in [-0.4, -0.2) is 32.7 Å². The molecule has 1 aliphatic heterocycles. The van der Waals surface area contributed by atoms with Crippen LogP contribution >= 0.6 is 0 Å². The van der Waals surface area contributed by atoms with E-state index in [0.29, 0.717) is 24.0 Å². The Labute approximate surface area is 119 Å². The third-order valence-electron chi connectivity index (χ3n) is 3.51. The minimum absolute atomic E-state index is 0.0246. The number of amides is 1. The van der Waals surface area contributed by atoms with Crippen molar-refractivity contribution in [3.63, 3.8) is 0 Å². The van der Waals surface area contributed by atoms with Gasteiger partial charge in [0.1, 0.15) is 0 Å². The number of carbonyl (C=O) groups is 1. The highest BCUT2D eigenvalue weighted by molar-refractivity contribution is 5.91. The monoisotopic (exact) mass is 278 g/mol. The van der Waals surface area contributed by atoms with Gasteiger partial charge < -0.3 is 20.1 Å². The minimum atomic E-state index is 0.0246. The van der Waals surface area contributed by atoms with Crippen LogP contribution in [0.1, 0.15) is 25.7 Å². The Bertz CT molecular complexity index is 456. The number of benzene rings is 1. The first-order valence-electron chi connectivity index (χ1n) is 6.98. The maximum atomic E-state index is 12.0. The van der Waals surface area contributed by atoms with E-state index in [0.717, 1.165) is 18.7 Å². The highest BCUT2D eigenvalue weighted by atomic mass is 16.5. The first-order valence-corrected chi connectivity index (χ1v) is 6.98. The number of piperidine rings is 1. The Morgan fingerprint density at radius 1 is 1.30 bits per heavy atom. The molecule has 1 aromatic carbocycles. The molecule has 0 radical (unpaired) electrons. The maximum absolute atomic E-state index is 12.0. The van der Waals surface area contributed by atoms with E-state index in [1.54, 1.807) is 26.4 Å². The van der Waals surface area contributed by atoms with Crippen molar-refractivity contribution >= 4 is 11.6 Å². The van der Waals surface area contributed by atoms with E-state index < -0.39 is 0 Å². The van der Waals surface area contributed by atoms with E-state index in [1.807, 2.05) is 6.07 Å². The number of methoxy groups -OCH3 is 2. The van der Waals surface area contributed by atoms with Gasteiger partial charge in [0.15, 0.2) is 11.5 Å². The number of hydrogen-bond donors (Lipinski definition) is 2. The zero-order chi connectivity index (χ0) is 14.4. The average molecular weight is 278 g/mol. The molecule has 1 amide bonds. The minimum Gasteiger partial charge on any atom is -0.493 e. The molecular weight excluding hydrogens is 256 g/mol. The van der Waals surface area contributed by atoms with E-state index in [9.17, 15) is 4.79 Å². The smallest absolute Gasteiger partial charge is 0.225 e. The zero-order valence-corrected chi connectivity index (χ0v) is 12.1. The molecule has 1 fully saturated rings. The Kier molecular flexibility index (Phi) is 5.24. The lowest BCUT2D eigenvalue weighted by Gasteiger charge is -2.22. The van der Waals surface area contributed by atoms with Crippen LogP contribution in [0.4, 0.5) is 5.69 Å². The summed E-state index contributed by atoms with van der Waals surface area (Å²) in [4.78, 5) is 12.0. The molecule has 1 aromatic rings. The van der Waals surface area contributed by atoms with Crippen molar-refractivity contribution in [2.24, 2.45) is 0 Å². The highest BCUT2D eigenvalue weighted by Crippen LogP contribution is 2.29. The summed E-state index contributed by atoms with van der Waals surface area (Å²) in [6, 6.07) is 5.66. The SMILES string of the molecule is COc1ccc(NC(=O)CC2CCCCN2)cc1OC. The van der Waals surface area contributed by atoms with Gasteiger partial charge in [-0.25, -0.2) is 0 Å². The molecule has 5 nitrogen and oxygen atoms in total. The van der Waals surface area contributed by atoms with E-state index in [2.05, 4.69) is 10.6 Å². The quantitative estimate of drug-likeness (QED) is 0.866. The van der Waals surface area contributed by atoms with Crippen molar-refractivity contribution in [3.8, 4) is 11.5 Å². The third kappa shape index (κ3) is 3.87. The molecule has 0 aromatic heterocycles. The van der Waals surface area contributed by atoms with Gasteiger partial charge in [-0.1, -0.05) is 6.42 Å². The van der Waals surface area contributed by atoms with Gasteiger partial charge in [0, 0.05) is 24.2 Å². The van der Waals surface area contributed by atoms with E-state index in [4.69, 9.17) is 9.47 Å². The summed E-state index contributed by atoms with van der Waals surface area (Å²) in [5.74, 6) is 1.29. The lowest BCUT2D eigenvalue weighted by atomic mass is 10.0. The summed E-state index contributed by atoms with van der Waals surface area (Å²) >= 11 is 0. The largest absolute Gasteiger partial charge is 0.493 e. The number of anilines is 1. The standard InChI is InChI=1S/C15H22N2O3/c1-19-13-7-6-12(9-14(13)20-2)17-15(18)10-11-5-3-4-8-16-11/h6-7,9,11,16H,3-5,8,10H2,1-2H3,(H,17,18). The second kappa shape index (κ2) is 7.14. The number of ether oxygens (including phenoxy) is 2. The summed E-state index contributed by atoms with van der Waals surface area (Å²) in [5, 5.41) is 6.27. The molecule has 110 valence electrons. The summed E-state index contributed by atoms with van der Waals surface area (Å²) < 4.78 is 10.4. The molecule has 0 saturated carbocycles. The molecule has 20 heavy (non-hydrogen) atoms. The van der Waals surface area contributed by atoms with Crippen LogP contribution in [0.25, 0.3) is 0 Å². The molecule has 0 aliphatic carbocycles. The molecule has 5 heteroatoms. The summed E-state index contributed by atoms with van der Waals surface area (Å²) in [5.41, 5.74) is 0.725. The molecule has 1 saturated heterocycles. The van der Waals surface area contributed by atoms with Gasteiger partial charge in [-0.15, -0.1) is 0 Å². The van der Waals surface area contributed by atoms with Crippen LogP contribution in [0.2, 0.25) is 0 Å². The van der Waals surface area contributed by atoms with Gasteiger partial charge in [-0.3, -0.25) is 4.79 Å². The van der Waals surface area contributed by atoms with Crippen LogP contribution in [-0.2, 0) is 4.79 Å². The fourth-order valence-corrected chi connectivity index (χ4v) is 2.45. The fourth-order valence-electron chi connectivity index (χ4n) is 2.45. The lowest BCUT2D eigenvalue weighted by Crippen LogP contribution is -2.36. The third-order valence-corrected chi connectivity index (χ3v) is 3.51. The Balaban J connectivity index is 1.93. The molecule has 1 unspecified atom stereocenters. The van der Waals surface area contributed by atoms with Crippen LogP contribution in [0.5, 0.6) is 11.5 Å². The topological polar surface area (TPSA) is 59.6 Å². The van der Waals surface area contributed by atoms with Crippen molar-refractivity contribution in [1.82, 2.24) is 5.32 Å². The number of rotatable bonds is 5. The molecule has 2 rings (SSSR count). The van der Waals surface area contributed by atoms with Gasteiger partial charge in [-0.05, 0) is 31.5 Å². The van der Waals surface area contributed by atoms with Gasteiger partial charge in [0.2, 0.25) is 5.91 Å². The molecular formula is C15H22N2O3. The zero-order valence-electron chi connectivity index (χ0n) is 12.1.